The van der Waals surface area contributed by atoms with Crippen LogP contribution in [-0.2, 0) is 16.1 Å². The van der Waals surface area contributed by atoms with Gasteiger partial charge in [0.05, 0.1) is 6.07 Å². The molecule has 0 bridgehead atoms. The number of carbonyl (C=O) groups excluding carboxylic acids is 1. The Morgan fingerprint density at radius 3 is 2.43 bits per heavy atom. The number of amides is 1. The van der Waals surface area contributed by atoms with Gasteiger partial charge in [-0.3, -0.25) is 4.79 Å². The SMILES string of the molecule is N#CC1(C(=O)O)CCN(C(=O)OCc2ccccc2)CC1. The van der Waals surface area contributed by atoms with Crippen LogP contribution < -0.4 is 0 Å². The summed E-state index contributed by atoms with van der Waals surface area (Å²) in [5, 5.41) is 18.1. The fourth-order valence-electron chi connectivity index (χ4n) is 2.26. The number of carbonyl (C=O) groups is 2. The average Bonchev–Trinajstić information content (AvgIpc) is 2.53. The van der Waals surface area contributed by atoms with Crippen LogP contribution in [0.15, 0.2) is 30.3 Å². The molecule has 1 amide bonds. The van der Waals surface area contributed by atoms with Gasteiger partial charge in [-0.15, -0.1) is 0 Å². The molecule has 6 nitrogen and oxygen atoms in total. The first kappa shape index (κ1) is 14.9. The molecule has 0 unspecified atom stereocenters. The molecule has 1 aliphatic heterocycles. The van der Waals surface area contributed by atoms with E-state index in [9.17, 15) is 9.59 Å². The van der Waals surface area contributed by atoms with Crippen LogP contribution in [0.3, 0.4) is 0 Å². The van der Waals surface area contributed by atoms with E-state index in [4.69, 9.17) is 15.1 Å². The predicted molar refractivity (Wildman–Crippen MR) is 73.1 cm³/mol. The Kier molecular flexibility index (Phi) is 4.43. The number of nitrogens with zero attached hydrogens (tertiary/aromatic N) is 2. The molecular formula is C15H16N2O4. The molecule has 1 aliphatic rings. The minimum absolute atomic E-state index is 0.124. The third-order valence-corrected chi connectivity index (χ3v) is 3.70. The second kappa shape index (κ2) is 6.27. The number of likely N-dealkylation sites (tertiary alicyclic amines) is 1. The number of hydrogen-bond donors (Lipinski definition) is 1. The zero-order valence-corrected chi connectivity index (χ0v) is 11.5. The van der Waals surface area contributed by atoms with Crippen molar-refractivity contribution in [3.63, 3.8) is 0 Å². The van der Waals surface area contributed by atoms with E-state index in [0.717, 1.165) is 5.56 Å². The zero-order chi connectivity index (χ0) is 15.3. The second-order valence-electron chi connectivity index (χ2n) is 5.03. The summed E-state index contributed by atoms with van der Waals surface area (Å²) in [4.78, 5) is 24.5. The molecule has 0 atom stereocenters. The fraction of sp³-hybridized carbons (Fsp3) is 0.400. The molecule has 0 aliphatic carbocycles. The monoisotopic (exact) mass is 288 g/mol. The smallest absolute Gasteiger partial charge is 0.410 e. The molecule has 1 N–H and O–H groups in total. The zero-order valence-electron chi connectivity index (χ0n) is 11.5. The molecule has 0 aromatic heterocycles. The van der Waals surface area contributed by atoms with Gasteiger partial charge in [0.2, 0.25) is 0 Å². The molecule has 1 heterocycles. The van der Waals surface area contributed by atoms with E-state index in [1.165, 1.54) is 4.90 Å². The van der Waals surface area contributed by atoms with Gasteiger partial charge in [-0.25, -0.2) is 4.79 Å². The van der Waals surface area contributed by atoms with Crippen molar-refractivity contribution in [1.82, 2.24) is 4.90 Å². The van der Waals surface area contributed by atoms with E-state index in [-0.39, 0.29) is 32.5 Å². The molecular weight excluding hydrogens is 272 g/mol. The molecule has 0 saturated carbocycles. The van der Waals surface area contributed by atoms with Gasteiger partial charge in [-0.1, -0.05) is 30.3 Å². The average molecular weight is 288 g/mol. The summed E-state index contributed by atoms with van der Waals surface area (Å²) in [5.74, 6) is -1.12. The standard InChI is InChI=1S/C15H16N2O4/c16-11-15(13(18)19)6-8-17(9-7-15)14(20)21-10-12-4-2-1-3-5-12/h1-5H,6-10H2,(H,18,19). The number of rotatable bonds is 3. The highest BCUT2D eigenvalue weighted by atomic mass is 16.6. The number of benzene rings is 1. The molecule has 0 radical (unpaired) electrons. The van der Waals surface area contributed by atoms with Crippen molar-refractivity contribution in [3.8, 4) is 6.07 Å². The van der Waals surface area contributed by atoms with Crippen LogP contribution in [0.25, 0.3) is 0 Å². The quantitative estimate of drug-likeness (QED) is 0.918. The van der Waals surface area contributed by atoms with Crippen molar-refractivity contribution in [2.75, 3.05) is 13.1 Å². The lowest BCUT2D eigenvalue weighted by molar-refractivity contribution is -0.147. The highest BCUT2D eigenvalue weighted by Gasteiger charge is 2.43. The van der Waals surface area contributed by atoms with Gasteiger partial charge < -0.3 is 14.7 Å². The summed E-state index contributed by atoms with van der Waals surface area (Å²) in [6.45, 7) is 0.611. The largest absolute Gasteiger partial charge is 0.480 e. The van der Waals surface area contributed by atoms with Gasteiger partial charge in [0.25, 0.3) is 0 Å². The van der Waals surface area contributed by atoms with Crippen molar-refractivity contribution in [1.29, 1.82) is 5.26 Å². The van der Waals surface area contributed by atoms with E-state index >= 15 is 0 Å². The number of carboxylic acids is 1. The maximum absolute atomic E-state index is 11.9. The molecule has 110 valence electrons. The van der Waals surface area contributed by atoms with Gasteiger partial charge in [0.1, 0.15) is 6.61 Å². The van der Waals surface area contributed by atoms with Crippen molar-refractivity contribution in [2.24, 2.45) is 5.41 Å². The van der Waals surface area contributed by atoms with Crippen molar-refractivity contribution >= 4 is 12.1 Å². The molecule has 6 heteroatoms. The Bertz CT molecular complexity index is 557. The number of ether oxygens (including phenoxy) is 1. The normalized spacial score (nSPS) is 16.8. The molecule has 0 spiro atoms. The summed E-state index contributed by atoms with van der Waals surface area (Å²) < 4.78 is 5.19. The van der Waals surface area contributed by atoms with Gasteiger partial charge in [0, 0.05) is 13.1 Å². The highest BCUT2D eigenvalue weighted by molar-refractivity contribution is 5.78. The van der Waals surface area contributed by atoms with Gasteiger partial charge in [-0.05, 0) is 18.4 Å². The lowest BCUT2D eigenvalue weighted by atomic mass is 9.80. The van der Waals surface area contributed by atoms with E-state index in [1.54, 1.807) is 0 Å². The third-order valence-electron chi connectivity index (χ3n) is 3.70. The summed E-state index contributed by atoms with van der Waals surface area (Å²) in [5.41, 5.74) is -0.490. The molecule has 2 rings (SSSR count). The maximum Gasteiger partial charge on any atom is 0.410 e. The first-order valence-electron chi connectivity index (χ1n) is 6.68. The lowest BCUT2D eigenvalue weighted by Crippen LogP contribution is -2.46. The topological polar surface area (TPSA) is 90.6 Å². The van der Waals surface area contributed by atoms with E-state index < -0.39 is 17.5 Å². The molecule has 1 aromatic rings. The molecule has 21 heavy (non-hydrogen) atoms. The van der Waals surface area contributed by atoms with E-state index in [1.807, 2.05) is 36.4 Å². The Hall–Kier alpha value is -2.55. The Labute approximate surface area is 122 Å². The summed E-state index contributed by atoms with van der Waals surface area (Å²) in [6.07, 6.45) is -0.228. The van der Waals surface area contributed by atoms with Gasteiger partial charge in [-0.2, -0.15) is 5.26 Å². The Balaban J connectivity index is 1.86. The number of carboxylic acid groups (broad SMARTS) is 1. The first-order chi connectivity index (χ1) is 10.1. The fourth-order valence-corrected chi connectivity index (χ4v) is 2.26. The number of nitriles is 1. The van der Waals surface area contributed by atoms with Crippen LogP contribution in [-0.4, -0.2) is 35.2 Å². The number of piperidine rings is 1. The molecule has 1 fully saturated rings. The van der Waals surface area contributed by atoms with Crippen LogP contribution in [0.2, 0.25) is 0 Å². The minimum Gasteiger partial charge on any atom is -0.480 e. The summed E-state index contributed by atoms with van der Waals surface area (Å²) >= 11 is 0. The summed E-state index contributed by atoms with van der Waals surface area (Å²) in [7, 11) is 0. The van der Waals surface area contributed by atoms with Crippen LogP contribution in [0.5, 0.6) is 0 Å². The maximum atomic E-state index is 11.9. The second-order valence-corrected chi connectivity index (χ2v) is 5.03. The summed E-state index contributed by atoms with van der Waals surface area (Å²) in [6, 6.07) is 11.2. The van der Waals surface area contributed by atoms with Crippen LogP contribution >= 0.6 is 0 Å². The van der Waals surface area contributed by atoms with Crippen molar-refractivity contribution in [3.05, 3.63) is 35.9 Å². The van der Waals surface area contributed by atoms with Crippen LogP contribution in [0, 0.1) is 16.7 Å². The molecule has 1 saturated heterocycles. The van der Waals surface area contributed by atoms with Crippen LogP contribution in [0.4, 0.5) is 4.79 Å². The Morgan fingerprint density at radius 1 is 1.29 bits per heavy atom. The highest BCUT2D eigenvalue weighted by Crippen LogP contribution is 2.31. The number of hydrogen-bond acceptors (Lipinski definition) is 4. The first-order valence-corrected chi connectivity index (χ1v) is 6.68. The Morgan fingerprint density at radius 2 is 1.90 bits per heavy atom. The third kappa shape index (κ3) is 3.31. The number of aliphatic carboxylic acids is 1. The van der Waals surface area contributed by atoms with E-state index in [0.29, 0.717) is 0 Å². The minimum atomic E-state index is -1.38. The van der Waals surface area contributed by atoms with Crippen LogP contribution in [0.1, 0.15) is 18.4 Å². The molecule has 1 aromatic carbocycles. The van der Waals surface area contributed by atoms with Crippen molar-refractivity contribution < 1.29 is 19.4 Å². The van der Waals surface area contributed by atoms with E-state index in [2.05, 4.69) is 0 Å². The lowest BCUT2D eigenvalue weighted by Gasteiger charge is -2.33. The predicted octanol–water partition coefficient (Wildman–Crippen LogP) is 2.01. The van der Waals surface area contributed by atoms with Gasteiger partial charge >= 0.3 is 12.1 Å². The van der Waals surface area contributed by atoms with Crippen molar-refractivity contribution in [2.45, 2.75) is 19.4 Å². The van der Waals surface area contributed by atoms with Gasteiger partial charge in [0.15, 0.2) is 5.41 Å².